The number of amides is 3. The van der Waals surface area contributed by atoms with Gasteiger partial charge in [-0.25, -0.2) is 18.4 Å². The third-order valence-corrected chi connectivity index (χ3v) is 13.6. The Bertz CT molecular complexity index is 2020. The molecule has 12 nitrogen and oxygen atoms in total. The second-order valence-electron chi connectivity index (χ2n) is 15.0. The number of fused-ring (bicyclic) bond motifs is 3. The molecule has 4 aliphatic rings. The number of allylic oxidation sites excluding steroid dienone is 1. The molecule has 3 aliphatic carbocycles. The second kappa shape index (κ2) is 14.4. The number of ether oxygens (including phenoxy) is 2. The van der Waals surface area contributed by atoms with E-state index in [-0.39, 0.29) is 37.0 Å². The van der Waals surface area contributed by atoms with Crippen molar-refractivity contribution in [2.24, 2.45) is 17.8 Å². The van der Waals surface area contributed by atoms with Gasteiger partial charge in [-0.05, 0) is 76.3 Å². The summed E-state index contributed by atoms with van der Waals surface area (Å²) in [7, 11) is -2.21. The van der Waals surface area contributed by atoms with Crippen molar-refractivity contribution >= 4 is 50.0 Å². The summed E-state index contributed by atoms with van der Waals surface area (Å²) in [5.74, 6) is -1.75. The normalized spacial score (nSPS) is 27.4. The molecule has 0 radical (unpaired) electrons. The van der Waals surface area contributed by atoms with Crippen LogP contribution in [0.5, 0.6) is 11.5 Å². The quantitative estimate of drug-likeness (QED) is 0.259. The van der Waals surface area contributed by atoms with E-state index >= 15 is 0 Å². The molecule has 3 N–H and O–H groups in total. The molecule has 1 unspecified atom stereocenters. The summed E-state index contributed by atoms with van der Waals surface area (Å²) >= 11 is 1.51. The number of aryl methyl sites for hydroxylation is 1. The summed E-state index contributed by atoms with van der Waals surface area (Å²) in [4.78, 5) is 51.4. The van der Waals surface area contributed by atoms with Crippen LogP contribution in [0.3, 0.4) is 0 Å². The highest BCUT2D eigenvalue weighted by atomic mass is 32.2. The summed E-state index contributed by atoms with van der Waals surface area (Å²) in [6, 6.07) is 5.65. The van der Waals surface area contributed by atoms with Gasteiger partial charge in [-0.2, -0.15) is 0 Å². The lowest BCUT2D eigenvalue weighted by Crippen LogP contribution is -2.54. The number of aromatic nitrogens is 2. The average molecular weight is 750 g/mol. The maximum absolute atomic E-state index is 14.2. The lowest BCUT2D eigenvalue weighted by Gasteiger charge is -2.23. The number of hydrogen-bond acceptors (Lipinski definition) is 10. The smallest absolute Gasteiger partial charge is 0.259 e. The standard InChI is InChI=1S/C38H47N5O7S2/c1-21(2)30-20-51-36(41-30)29-18-32(26-13-14-31(49-4)22(3)33(26)40-29)50-24-16-27-28(17-24)35(45)42-38(37(46)43-52(47,48)25-11-12-25)19-23(38)10-8-6-5-7-9-15-39-34(27)44/h8,10,13-14,18,20-21,23-25,27-28H,5-7,9,11-12,15-17,19H2,1-4H3,(H,39,44)(H,42,45)(H,43,46)/b10-8-/t23?,24-,27+,28+,38+/m0/s1. The van der Waals surface area contributed by atoms with Gasteiger partial charge in [0.25, 0.3) is 5.91 Å². The monoisotopic (exact) mass is 749 g/mol. The van der Waals surface area contributed by atoms with Crippen molar-refractivity contribution < 1.29 is 32.3 Å². The zero-order valence-electron chi connectivity index (χ0n) is 30.1. The van der Waals surface area contributed by atoms with Crippen molar-refractivity contribution in [1.82, 2.24) is 25.3 Å². The van der Waals surface area contributed by atoms with Crippen LogP contribution in [-0.4, -0.2) is 66.7 Å². The largest absolute Gasteiger partial charge is 0.496 e. The third kappa shape index (κ3) is 7.28. The molecule has 14 heteroatoms. The number of pyridine rings is 1. The van der Waals surface area contributed by atoms with E-state index < -0.39 is 50.6 Å². The highest BCUT2D eigenvalue weighted by Gasteiger charge is 2.62. The zero-order chi connectivity index (χ0) is 36.8. The SMILES string of the molecule is COc1ccc2c(O[C@H]3C[C@H]4C(=O)NCCCCC/C=C\C5C[C@@]5(C(=O)NS(=O)(=O)C5CC5)NC(=O)[C@@H]4C3)cc(-c3nc(C(C)C)cs3)nc2c1C. The Morgan fingerprint density at radius 3 is 2.54 bits per heavy atom. The fourth-order valence-corrected chi connectivity index (χ4v) is 9.77. The molecule has 3 fully saturated rings. The number of carbonyl (C=O) groups is 3. The van der Waals surface area contributed by atoms with Crippen molar-refractivity contribution in [3.05, 3.63) is 47.0 Å². The molecule has 3 heterocycles. The maximum atomic E-state index is 14.2. The van der Waals surface area contributed by atoms with Crippen LogP contribution < -0.4 is 24.8 Å². The van der Waals surface area contributed by atoms with Crippen LogP contribution in [0.25, 0.3) is 21.6 Å². The summed E-state index contributed by atoms with van der Waals surface area (Å²) in [6.07, 6.45) is 8.65. The van der Waals surface area contributed by atoms with Gasteiger partial charge >= 0.3 is 0 Å². The molecule has 5 atom stereocenters. The lowest BCUT2D eigenvalue weighted by molar-refractivity contribution is -0.136. The van der Waals surface area contributed by atoms with E-state index in [0.717, 1.165) is 47.3 Å². The Labute approximate surface area is 308 Å². The number of sulfonamides is 1. The third-order valence-electron chi connectivity index (χ3n) is 10.9. The average Bonchev–Trinajstić information content (AvgIpc) is 3.98. The Hall–Kier alpha value is -4.04. The first kappa shape index (κ1) is 36.3. The lowest BCUT2D eigenvalue weighted by atomic mass is 9.93. The fourth-order valence-electron chi connectivity index (χ4n) is 7.47. The predicted octanol–water partition coefficient (Wildman–Crippen LogP) is 5.30. The number of methoxy groups -OCH3 is 1. The van der Waals surface area contributed by atoms with Crippen LogP contribution in [0.15, 0.2) is 35.7 Å². The number of hydrogen-bond donors (Lipinski definition) is 3. The van der Waals surface area contributed by atoms with Crippen molar-refractivity contribution in [3.8, 4) is 22.2 Å². The van der Waals surface area contributed by atoms with Crippen molar-refractivity contribution in [2.75, 3.05) is 13.7 Å². The summed E-state index contributed by atoms with van der Waals surface area (Å²) in [6.45, 7) is 6.63. The minimum atomic E-state index is -3.83. The Kier molecular flexibility index (Phi) is 10.1. The minimum Gasteiger partial charge on any atom is -0.496 e. The molecular weight excluding hydrogens is 703 g/mol. The van der Waals surface area contributed by atoms with Gasteiger partial charge in [0.05, 0.1) is 35.4 Å². The molecule has 1 aliphatic heterocycles. The molecule has 1 aromatic carbocycles. The van der Waals surface area contributed by atoms with Crippen LogP contribution in [-0.2, 0) is 24.4 Å². The molecule has 2 aromatic heterocycles. The Morgan fingerprint density at radius 1 is 1.06 bits per heavy atom. The molecule has 3 aromatic rings. The molecule has 7 rings (SSSR count). The van der Waals surface area contributed by atoms with Crippen LogP contribution >= 0.6 is 11.3 Å². The van der Waals surface area contributed by atoms with Crippen molar-refractivity contribution in [1.29, 1.82) is 0 Å². The van der Waals surface area contributed by atoms with E-state index in [0.29, 0.717) is 42.1 Å². The van der Waals surface area contributed by atoms with E-state index in [1.165, 1.54) is 11.3 Å². The first-order chi connectivity index (χ1) is 24.9. The number of nitrogens with zero attached hydrogens (tertiary/aromatic N) is 2. The van der Waals surface area contributed by atoms with Crippen molar-refractivity contribution in [3.63, 3.8) is 0 Å². The zero-order valence-corrected chi connectivity index (χ0v) is 31.7. The van der Waals surface area contributed by atoms with Gasteiger partial charge in [-0.3, -0.25) is 19.1 Å². The molecule has 3 amide bonds. The van der Waals surface area contributed by atoms with E-state index in [9.17, 15) is 22.8 Å². The van der Waals surface area contributed by atoms with Gasteiger partial charge in [0.15, 0.2) is 0 Å². The van der Waals surface area contributed by atoms with Crippen LogP contribution in [0.4, 0.5) is 0 Å². The Balaban J connectivity index is 1.20. The predicted molar refractivity (Wildman–Crippen MR) is 199 cm³/mol. The van der Waals surface area contributed by atoms with E-state index in [1.54, 1.807) is 7.11 Å². The number of rotatable bonds is 8. The Morgan fingerprint density at radius 2 is 1.83 bits per heavy atom. The minimum absolute atomic E-state index is 0.228. The molecular formula is C38H47N5O7S2. The molecule has 0 spiro atoms. The van der Waals surface area contributed by atoms with Gasteiger partial charge in [0.2, 0.25) is 21.8 Å². The molecule has 0 bridgehead atoms. The number of thiazole rings is 1. The molecule has 0 saturated heterocycles. The highest BCUT2D eigenvalue weighted by Crippen LogP contribution is 2.47. The first-order valence-corrected chi connectivity index (χ1v) is 20.8. The maximum Gasteiger partial charge on any atom is 0.259 e. The molecule has 3 saturated carbocycles. The van der Waals surface area contributed by atoms with Gasteiger partial charge < -0.3 is 20.1 Å². The van der Waals surface area contributed by atoms with Gasteiger partial charge in [0.1, 0.15) is 33.8 Å². The second-order valence-corrected chi connectivity index (χ2v) is 17.8. The van der Waals surface area contributed by atoms with E-state index in [2.05, 4.69) is 29.2 Å². The first-order valence-electron chi connectivity index (χ1n) is 18.3. The van der Waals surface area contributed by atoms with E-state index in [4.69, 9.17) is 19.4 Å². The topological polar surface area (TPSA) is 166 Å². The van der Waals surface area contributed by atoms with Crippen molar-refractivity contribution in [2.45, 2.75) is 101 Å². The fraction of sp³-hybridized carbons (Fsp3) is 0.553. The van der Waals surface area contributed by atoms with Crippen LogP contribution in [0, 0.1) is 24.7 Å². The van der Waals surface area contributed by atoms with E-state index in [1.807, 2.05) is 42.7 Å². The van der Waals surface area contributed by atoms with Gasteiger partial charge in [-0.15, -0.1) is 11.3 Å². The van der Waals surface area contributed by atoms with Gasteiger partial charge in [0, 0.05) is 34.9 Å². The number of nitrogens with one attached hydrogen (secondary N) is 3. The van der Waals surface area contributed by atoms with Gasteiger partial charge in [-0.1, -0.05) is 32.4 Å². The molecule has 52 heavy (non-hydrogen) atoms. The number of benzene rings is 1. The summed E-state index contributed by atoms with van der Waals surface area (Å²) in [5.41, 5.74) is 1.78. The highest BCUT2D eigenvalue weighted by molar-refractivity contribution is 7.91. The summed E-state index contributed by atoms with van der Waals surface area (Å²) < 4.78 is 40.2. The van der Waals surface area contributed by atoms with Crippen LogP contribution in [0.2, 0.25) is 0 Å². The summed E-state index contributed by atoms with van der Waals surface area (Å²) in [5, 5.41) is 8.97. The number of carbonyl (C=O) groups excluding carboxylic acids is 3. The van der Waals surface area contributed by atoms with Crippen LogP contribution in [0.1, 0.15) is 88.8 Å². The molecule has 278 valence electrons.